The van der Waals surface area contributed by atoms with Crippen molar-refractivity contribution in [2.24, 2.45) is 0 Å². The molecule has 0 atom stereocenters. The summed E-state index contributed by atoms with van der Waals surface area (Å²) in [6.45, 7) is 2.20. The molecular weight excluding hydrogens is 431 g/mol. The molecule has 3 heterocycles. The highest BCUT2D eigenvalue weighted by molar-refractivity contribution is 5.76. The first-order chi connectivity index (χ1) is 16.7. The first-order valence-corrected chi connectivity index (χ1v) is 11.3. The largest absolute Gasteiger partial charge is 0.332 e. The van der Waals surface area contributed by atoms with E-state index in [0.717, 1.165) is 17.5 Å². The Labute approximate surface area is 196 Å². The third-order valence-electron chi connectivity index (χ3n) is 5.61. The van der Waals surface area contributed by atoms with Crippen LogP contribution in [-0.2, 0) is 6.42 Å². The van der Waals surface area contributed by atoms with Gasteiger partial charge in [0.1, 0.15) is 17.2 Å². The van der Waals surface area contributed by atoms with E-state index in [4.69, 9.17) is 4.52 Å². The Balaban J connectivity index is 1.51. The summed E-state index contributed by atoms with van der Waals surface area (Å²) in [5.41, 5.74) is 4.05. The summed E-state index contributed by atoms with van der Waals surface area (Å²) in [5.74, 6) is 0.243. The first kappa shape index (κ1) is 21.6. The van der Waals surface area contributed by atoms with E-state index in [2.05, 4.69) is 44.5 Å². The smallest absolute Gasteiger partial charge is 0.281 e. The summed E-state index contributed by atoms with van der Waals surface area (Å²) in [7, 11) is 0. The van der Waals surface area contributed by atoms with Crippen molar-refractivity contribution >= 4 is 0 Å². The number of unbranched alkanes of at least 4 members (excludes halogenated alkanes) is 2. The van der Waals surface area contributed by atoms with Gasteiger partial charge >= 0.3 is 0 Å². The summed E-state index contributed by atoms with van der Waals surface area (Å²) < 4.78 is 21.6. The third-order valence-corrected chi connectivity index (χ3v) is 5.61. The number of hydrogen-bond acceptors (Lipinski definition) is 6. The number of para-hydroxylation sites is 1. The maximum Gasteiger partial charge on any atom is 0.281 e. The maximum absolute atomic E-state index is 14.6. The van der Waals surface area contributed by atoms with Crippen molar-refractivity contribution < 1.29 is 8.91 Å². The lowest BCUT2D eigenvalue weighted by Crippen LogP contribution is -2.02. The van der Waals surface area contributed by atoms with E-state index in [9.17, 15) is 4.39 Å². The van der Waals surface area contributed by atoms with Crippen molar-refractivity contribution in [2.45, 2.75) is 32.6 Å². The minimum Gasteiger partial charge on any atom is -0.332 e. The molecule has 0 aliphatic rings. The van der Waals surface area contributed by atoms with Crippen LogP contribution >= 0.6 is 0 Å². The summed E-state index contributed by atoms with van der Waals surface area (Å²) in [6, 6.07) is 18.2. The van der Waals surface area contributed by atoms with Crippen LogP contribution in [0.25, 0.3) is 39.9 Å². The molecule has 0 radical (unpaired) electrons. The fraction of sp³-hybridized carbons (Fsp3) is 0.192. The Morgan fingerprint density at radius 3 is 2.47 bits per heavy atom. The van der Waals surface area contributed by atoms with Crippen molar-refractivity contribution in [1.82, 2.24) is 30.1 Å². The molecular formula is C26H23FN6O. The highest BCUT2D eigenvalue weighted by atomic mass is 19.1. The van der Waals surface area contributed by atoms with Gasteiger partial charge in [-0.15, -0.1) is 5.10 Å². The molecule has 2 aromatic carbocycles. The standard InChI is InChI=1S/C26H23FN6O/c1-2-3-4-7-18-10-12-20(13-11-18)25-29-26(34-31-25)23-24(19-14-16-28-17-15-19)33(32-30-23)22-9-6-5-8-21(22)27/h5-6,8-17H,2-4,7H2,1H3. The van der Waals surface area contributed by atoms with E-state index < -0.39 is 5.82 Å². The van der Waals surface area contributed by atoms with E-state index in [1.807, 2.05) is 12.1 Å². The second kappa shape index (κ2) is 9.74. The zero-order valence-corrected chi connectivity index (χ0v) is 18.7. The summed E-state index contributed by atoms with van der Waals surface area (Å²) in [6.07, 6.45) is 7.96. The highest BCUT2D eigenvalue weighted by Gasteiger charge is 2.24. The SMILES string of the molecule is CCCCCc1ccc(-c2noc(-c3nnn(-c4ccccc4F)c3-c3ccncc3)n2)cc1. The number of pyridine rings is 1. The van der Waals surface area contributed by atoms with Crippen LogP contribution in [0.3, 0.4) is 0 Å². The fourth-order valence-corrected chi connectivity index (χ4v) is 3.82. The van der Waals surface area contributed by atoms with E-state index >= 15 is 0 Å². The number of nitrogens with zero attached hydrogens (tertiary/aromatic N) is 6. The number of halogens is 1. The molecule has 170 valence electrons. The molecule has 3 aromatic heterocycles. The van der Waals surface area contributed by atoms with Gasteiger partial charge < -0.3 is 4.52 Å². The third kappa shape index (κ3) is 4.34. The Morgan fingerprint density at radius 1 is 0.912 bits per heavy atom. The first-order valence-electron chi connectivity index (χ1n) is 11.3. The Morgan fingerprint density at radius 2 is 1.71 bits per heavy atom. The van der Waals surface area contributed by atoms with Crippen LogP contribution < -0.4 is 0 Å². The molecule has 0 aliphatic heterocycles. The van der Waals surface area contributed by atoms with Crippen LogP contribution in [0.5, 0.6) is 0 Å². The number of aryl methyl sites for hydroxylation is 1. The van der Waals surface area contributed by atoms with Crippen LogP contribution in [-0.4, -0.2) is 30.1 Å². The van der Waals surface area contributed by atoms with Crippen LogP contribution in [0, 0.1) is 5.82 Å². The second-order valence-electron chi connectivity index (χ2n) is 7.96. The van der Waals surface area contributed by atoms with Gasteiger partial charge in [-0.25, -0.2) is 9.07 Å². The molecule has 5 aromatic rings. The zero-order valence-electron chi connectivity index (χ0n) is 18.7. The molecule has 0 bridgehead atoms. The average Bonchev–Trinajstić information content (AvgIpc) is 3.53. The van der Waals surface area contributed by atoms with Gasteiger partial charge in [-0.2, -0.15) is 4.98 Å². The lowest BCUT2D eigenvalue weighted by atomic mass is 10.1. The van der Waals surface area contributed by atoms with E-state index in [-0.39, 0.29) is 11.6 Å². The summed E-state index contributed by atoms with van der Waals surface area (Å²) in [4.78, 5) is 8.64. The number of hydrogen-bond donors (Lipinski definition) is 0. The predicted molar refractivity (Wildman–Crippen MR) is 127 cm³/mol. The summed E-state index contributed by atoms with van der Waals surface area (Å²) >= 11 is 0. The Hall–Kier alpha value is -4.20. The zero-order chi connectivity index (χ0) is 23.3. The number of benzene rings is 2. The maximum atomic E-state index is 14.6. The van der Waals surface area contributed by atoms with Gasteiger partial charge in [-0.1, -0.05) is 66.5 Å². The van der Waals surface area contributed by atoms with Crippen LogP contribution in [0.15, 0.2) is 77.6 Å². The summed E-state index contributed by atoms with van der Waals surface area (Å²) in [5, 5.41) is 12.6. The van der Waals surface area contributed by atoms with Gasteiger partial charge in [0.2, 0.25) is 5.82 Å². The van der Waals surface area contributed by atoms with Crippen molar-refractivity contribution in [1.29, 1.82) is 0 Å². The lowest BCUT2D eigenvalue weighted by Gasteiger charge is -2.08. The minimum atomic E-state index is -0.417. The van der Waals surface area contributed by atoms with E-state index in [0.29, 0.717) is 17.2 Å². The molecule has 34 heavy (non-hydrogen) atoms. The Kier molecular flexibility index (Phi) is 6.20. The Bertz CT molecular complexity index is 1380. The van der Waals surface area contributed by atoms with Gasteiger partial charge in [-0.3, -0.25) is 4.98 Å². The molecule has 0 saturated heterocycles. The molecule has 0 spiro atoms. The molecule has 5 rings (SSSR count). The predicted octanol–water partition coefficient (Wildman–Crippen LogP) is 5.92. The van der Waals surface area contributed by atoms with Crippen molar-refractivity contribution in [3.05, 3.63) is 84.4 Å². The van der Waals surface area contributed by atoms with Crippen LogP contribution in [0.4, 0.5) is 4.39 Å². The quantitative estimate of drug-likeness (QED) is 0.271. The molecule has 0 aliphatic carbocycles. The molecule has 0 fully saturated rings. The molecule has 8 heteroatoms. The van der Waals surface area contributed by atoms with Gasteiger partial charge in [0.25, 0.3) is 5.89 Å². The van der Waals surface area contributed by atoms with Gasteiger partial charge in [0, 0.05) is 23.5 Å². The van der Waals surface area contributed by atoms with Crippen LogP contribution in [0.2, 0.25) is 0 Å². The van der Waals surface area contributed by atoms with Crippen molar-refractivity contribution in [3.63, 3.8) is 0 Å². The monoisotopic (exact) mass is 454 g/mol. The number of aromatic nitrogens is 6. The minimum absolute atomic E-state index is 0.205. The molecule has 7 nitrogen and oxygen atoms in total. The van der Waals surface area contributed by atoms with Gasteiger partial charge in [-0.05, 0) is 42.7 Å². The molecule has 0 saturated carbocycles. The van der Waals surface area contributed by atoms with Crippen LogP contribution in [0.1, 0.15) is 31.7 Å². The normalized spacial score (nSPS) is 11.1. The fourth-order valence-electron chi connectivity index (χ4n) is 3.82. The van der Waals surface area contributed by atoms with E-state index in [1.54, 1.807) is 42.7 Å². The molecule has 0 unspecified atom stereocenters. The van der Waals surface area contributed by atoms with Crippen molar-refractivity contribution in [3.8, 4) is 39.9 Å². The van der Waals surface area contributed by atoms with E-state index in [1.165, 1.54) is 35.6 Å². The van der Waals surface area contributed by atoms with Crippen molar-refractivity contribution in [2.75, 3.05) is 0 Å². The molecule has 0 N–H and O–H groups in total. The topological polar surface area (TPSA) is 82.5 Å². The molecule has 0 amide bonds. The second-order valence-corrected chi connectivity index (χ2v) is 7.96. The highest BCUT2D eigenvalue weighted by Crippen LogP contribution is 2.32. The number of rotatable bonds is 8. The average molecular weight is 455 g/mol. The van der Waals surface area contributed by atoms with Gasteiger partial charge in [0.15, 0.2) is 5.69 Å². The van der Waals surface area contributed by atoms with Gasteiger partial charge in [0.05, 0.1) is 0 Å². The lowest BCUT2D eigenvalue weighted by molar-refractivity contribution is 0.431.